The summed E-state index contributed by atoms with van der Waals surface area (Å²) in [4.78, 5) is 66.3. The Labute approximate surface area is 284 Å². The number of hydrogen-bond acceptors (Lipinski definition) is 12. The van der Waals surface area contributed by atoms with E-state index in [2.05, 4.69) is 5.32 Å². The van der Waals surface area contributed by atoms with Crippen LogP contribution in [0.5, 0.6) is 5.75 Å². The number of nitriles is 1. The Morgan fingerprint density at radius 1 is 1.06 bits per heavy atom. The van der Waals surface area contributed by atoms with E-state index in [-0.39, 0.29) is 43.2 Å². The number of rotatable bonds is 10. The average molecular weight is 683 g/mol. The van der Waals surface area contributed by atoms with Gasteiger partial charge < -0.3 is 39.0 Å². The summed E-state index contributed by atoms with van der Waals surface area (Å²) in [6, 6.07) is 12.4. The van der Waals surface area contributed by atoms with Crippen molar-refractivity contribution in [2.75, 3.05) is 36.6 Å². The summed E-state index contributed by atoms with van der Waals surface area (Å²) in [6.45, 7) is 11.0. The van der Waals surface area contributed by atoms with Gasteiger partial charge in [0.25, 0.3) is 11.8 Å². The first-order chi connectivity index (χ1) is 22.9. The first-order valence-corrected chi connectivity index (χ1v) is 15.5. The Hall–Kier alpha value is -5.20. The van der Waals surface area contributed by atoms with Gasteiger partial charge in [-0.3, -0.25) is 9.59 Å². The molecule has 0 spiro atoms. The van der Waals surface area contributed by atoms with Gasteiger partial charge in [0.15, 0.2) is 18.8 Å². The fourth-order valence-electron chi connectivity index (χ4n) is 4.45. The maximum absolute atomic E-state index is 13.4. The molecule has 15 heteroatoms. The summed E-state index contributed by atoms with van der Waals surface area (Å²) in [7, 11) is 0. The zero-order chi connectivity index (χ0) is 36.5. The second-order valence-corrected chi connectivity index (χ2v) is 12.8. The topological polar surface area (TPSA) is 194 Å². The molecule has 0 unspecified atom stereocenters. The zero-order valence-corrected chi connectivity index (χ0v) is 28.6. The molecule has 0 saturated carbocycles. The molecule has 1 aliphatic heterocycles. The lowest BCUT2D eigenvalue weighted by Gasteiger charge is -2.34. The number of benzene rings is 2. The number of ether oxygens (including phenoxy) is 5. The van der Waals surface area contributed by atoms with Crippen molar-refractivity contribution in [1.82, 2.24) is 4.90 Å². The van der Waals surface area contributed by atoms with Crippen LogP contribution in [-0.2, 0) is 39.9 Å². The highest BCUT2D eigenvalue weighted by molar-refractivity contribution is 6.04. The minimum Gasteiger partial charge on any atom is -0.482 e. The van der Waals surface area contributed by atoms with E-state index in [9.17, 15) is 34.3 Å². The molecule has 1 saturated heterocycles. The van der Waals surface area contributed by atoms with Crippen LogP contribution in [0, 0.1) is 11.3 Å². The van der Waals surface area contributed by atoms with E-state index < -0.39 is 59.9 Å². The largest absolute Gasteiger partial charge is 0.482 e. The summed E-state index contributed by atoms with van der Waals surface area (Å²) in [5.74, 6) is -1.93. The van der Waals surface area contributed by atoms with Crippen molar-refractivity contribution in [2.24, 2.45) is 0 Å². The predicted octanol–water partition coefficient (Wildman–Crippen LogP) is 3.90. The smallest absolute Gasteiger partial charge is 0.420 e. The van der Waals surface area contributed by atoms with E-state index in [4.69, 9.17) is 23.7 Å². The van der Waals surface area contributed by atoms with Gasteiger partial charge in [-0.25, -0.2) is 19.3 Å². The lowest BCUT2D eigenvalue weighted by atomic mass is 10.1. The maximum atomic E-state index is 13.4. The number of anilines is 2. The van der Waals surface area contributed by atoms with Crippen molar-refractivity contribution >= 4 is 41.3 Å². The minimum atomic E-state index is -1.95. The molecule has 4 amide bonds. The van der Waals surface area contributed by atoms with Crippen LogP contribution in [0.25, 0.3) is 0 Å². The van der Waals surface area contributed by atoms with Gasteiger partial charge in [0.05, 0.1) is 31.4 Å². The molecule has 0 bridgehead atoms. The van der Waals surface area contributed by atoms with Crippen LogP contribution < -0.4 is 15.0 Å². The van der Waals surface area contributed by atoms with Crippen LogP contribution in [0.2, 0.25) is 0 Å². The number of hydrogen-bond donors (Lipinski definition) is 2. The van der Waals surface area contributed by atoms with Crippen molar-refractivity contribution in [3.05, 3.63) is 53.6 Å². The first-order valence-electron chi connectivity index (χ1n) is 15.5. The molecule has 15 nitrogen and oxygen atoms in total. The predicted molar refractivity (Wildman–Crippen MR) is 174 cm³/mol. The first kappa shape index (κ1) is 38.2. The molecule has 1 heterocycles. The number of morpholine rings is 1. The normalized spacial score (nSPS) is 15.4. The lowest BCUT2D eigenvalue weighted by Crippen LogP contribution is -2.55. The third-order valence-electron chi connectivity index (χ3n) is 6.52. The number of carbonyl (C=O) groups excluding carboxylic acids is 5. The Morgan fingerprint density at radius 3 is 2.31 bits per heavy atom. The molecular formula is C34H42N4O11. The average Bonchev–Trinajstić information content (AvgIpc) is 3.01. The van der Waals surface area contributed by atoms with Crippen LogP contribution in [0.15, 0.2) is 42.5 Å². The number of imide groups is 1. The number of aliphatic hydroxyl groups is 1. The molecule has 2 N–H and O–H groups in total. The molecular weight excluding hydrogens is 640 g/mol. The minimum absolute atomic E-state index is 0.000831. The molecule has 264 valence electrons. The number of nitrogens with zero attached hydrogens (tertiary/aromatic N) is 3. The monoisotopic (exact) mass is 682 g/mol. The summed E-state index contributed by atoms with van der Waals surface area (Å²) in [5, 5.41) is 23.2. The fraction of sp³-hybridized carbons (Fsp3) is 0.471. The van der Waals surface area contributed by atoms with Gasteiger partial charge in [0, 0.05) is 24.0 Å². The Bertz CT molecular complexity index is 1560. The number of esters is 1. The van der Waals surface area contributed by atoms with Crippen LogP contribution in [0.3, 0.4) is 0 Å². The number of nitrogens with one attached hydrogen (secondary N) is 1. The third kappa shape index (κ3) is 11.2. The van der Waals surface area contributed by atoms with E-state index in [0.717, 1.165) is 0 Å². The van der Waals surface area contributed by atoms with Gasteiger partial charge in [0.1, 0.15) is 17.0 Å². The summed E-state index contributed by atoms with van der Waals surface area (Å²) in [6.07, 6.45) is -5.53. The number of carbonyl (C=O) groups is 5. The Morgan fingerprint density at radius 2 is 1.71 bits per heavy atom. The third-order valence-corrected chi connectivity index (χ3v) is 6.52. The van der Waals surface area contributed by atoms with Crippen LogP contribution >= 0.6 is 0 Å². The molecule has 2 aromatic rings. The molecule has 2 atom stereocenters. The molecule has 3 rings (SSSR count). The second kappa shape index (κ2) is 16.3. The molecule has 0 radical (unpaired) electrons. The van der Waals surface area contributed by atoms with Crippen molar-refractivity contribution < 1.29 is 52.8 Å². The zero-order valence-electron chi connectivity index (χ0n) is 28.6. The van der Waals surface area contributed by atoms with E-state index >= 15 is 0 Å². The highest BCUT2D eigenvalue weighted by Gasteiger charge is 2.40. The van der Waals surface area contributed by atoms with Crippen LogP contribution in [-0.4, -0.2) is 89.8 Å². The van der Waals surface area contributed by atoms with Crippen LogP contribution in [0.1, 0.15) is 59.6 Å². The lowest BCUT2D eigenvalue weighted by molar-refractivity contribution is -0.150. The fourth-order valence-corrected chi connectivity index (χ4v) is 4.45. The van der Waals surface area contributed by atoms with Crippen molar-refractivity contribution in [2.45, 2.75) is 78.4 Å². The van der Waals surface area contributed by atoms with E-state index in [0.29, 0.717) is 16.3 Å². The second-order valence-electron chi connectivity index (χ2n) is 12.8. The quantitative estimate of drug-likeness (QED) is 0.272. The summed E-state index contributed by atoms with van der Waals surface area (Å²) >= 11 is 0. The van der Waals surface area contributed by atoms with Crippen molar-refractivity contribution in [1.29, 1.82) is 5.26 Å². The van der Waals surface area contributed by atoms with Gasteiger partial charge in [-0.15, -0.1) is 0 Å². The Balaban J connectivity index is 1.78. The van der Waals surface area contributed by atoms with Crippen molar-refractivity contribution in [3.8, 4) is 11.8 Å². The van der Waals surface area contributed by atoms with Gasteiger partial charge >= 0.3 is 18.2 Å². The Kier molecular flexibility index (Phi) is 12.7. The summed E-state index contributed by atoms with van der Waals surface area (Å²) < 4.78 is 26.6. The van der Waals surface area contributed by atoms with Gasteiger partial charge in [-0.2, -0.15) is 5.26 Å². The van der Waals surface area contributed by atoms with Gasteiger partial charge in [-0.1, -0.05) is 6.07 Å². The van der Waals surface area contributed by atoms with E-state index in [1.54, 1.807) is 66.7 Å². The standard InChI is InChI=1S/C34H42N4O11/c1-8-45-26(39)20-47-25-11-9-10-24(17-25)37-14-15-46-28(30(37)42)27(40)29(41)36-23-13-12-21(18-35)22(16-23)19-38(31(43)48-33(2,3)4)32(44)49-34(5,6)7/h9-13,16-17,27-28,40H,8,14-15,19-20H2,1-7H3,(H,36,41)/t27-,28-/m1/s1. The van der Waals surface area contributed by atoms with Gasteiger partial charge in [0.2, 0.25) is 0 Å². The van der Waals surface area contributed by atoms with E-state index in [1.165, 1.54) is 29.2 Å². The molecule has 0 aliphatic carbocycles. The van der Waals surface area contributed by atoms with Crippen LogP contribution in [0.4, 0.5) is 21.0 Å². The van der Waals surface area contributed by atoms with Crippen molar-refractivity contribution in [3.63, 3.8) is 0 Å². The highest BCUT2D eigenvalue weighted by atomic mass is 16.6. The SMILES string of the molecule is CCOC(=O)COc1cccc(N2CCO[C@H]([C@@H](O)C(=O)Nc3ccc(C#N)c(CN(C(=O)OC(C)(C)C)C(=O)OC(C)(C)C)c3)C2=O)c1. The van der Waals surface area contributed by atoms with Gasteiger partial charge in [-0.05, 0) is 84.4 Å². The highest BCUT2D eigenvalue weighted by Crippen LogP contribution is 2.26. The maximum Gasteiger partial charge on any atom is 0.420 e. The molecule has 1 aliphatic rings. The van der Waals surface area contributed by atoms with E-state index in [1.807, 2.05) is 6.07 Å². The number of aliphatic hydroxyl groups excluding tert-OH is 1. The molecule has 2 aromatic carbocycles. The molecule has 0 aromatic heterocycles. The molecule has 1 fully saturated rings. The summed E-state index contributed by atoms with van der Waals surface area (Å²) in [5.41, 5.74) is -1.16. The number of amides is 4. The molecule has 49 heavy (non-hydrogen) atoms.